The van der Waals surface area contributed by atoms with Crippen LogP contribution in [0, 0.1) is 5.82 Å². The smallest absolute Gasteiger partial charge is 0.145 e. The van der Waals surface area contributed by atoms with E-state index < -0.39 is 0 Å². The van der Waals surface area contributed by atoms with Gasteiger partial charge in [-0.25, -0.2) is 4.39 Å². The predicted molar refractivity (Wildman–Crippen MR) is 46.8 cm³/mol. The second kappa shape index (κ2) is 3.42. The van der Waals surface area contributed by atoms with Crippen LogP contribution in [0.1, 0.15) is 30.7 Å². The zero-order chi connectivity index (χ0) is 9.26. The predicted octanol–water partition coefficient (Wildman–Crippen LogP) is 1.85. The van der Waals surface area contributed by atoms with Crippen molar-refractivity contribution in [3.63, 3.8) is 0 Å². The first-order valence-corrected chi connectivity index (χ1v) is 4.56. The van der Waals surface area contributed by atoms with E-state index in [1.54, 1.807) is 12.3 Å². The Hall–Kier alpha value is -0.960. The Labute approximate surface area is 76.4 Å². The van der Waals surface area contributed by atoms with Gasteiger partial charge in [0.15, 0.2) is 0 Å². The van der Waals surface area contributed by atoms with Gasteiger partial charge in [0.05, 0.1) is 12.3 Å². The standard InChI is InChI=1S/C10H12FNO/c11-9-6-12-5-4-7(9)8-2-1-3-10(8)13/h4-6,8,10,13H,1-3H2/t8-,10+/m0/s1. The van der Waals surface area contributed by atoms with Gasteiger partial charge in [0.1, 0.15) is 5.82 Å². The van der Waals surface area contributed by atoms with E-state index in [1.807, 2.05) is 0 Å². The third kappa shape index (κ3) is 1.56. The molecule has 2 rings (SSSR count). The first-order valence-electron chi connectivity index (χ1n) is 4.56. The Balaban J connectivity index is 2.29. The third-order valence-electron chi connectivity index (χ3n) is 2.68. The van der Waals surface area contributed by atoms with Gasteiger partial charge in [-0.1, -0.05) is 6.42 Å². The summed E-state index contributed by atoms with van der Waals surface area (Å²) < 4.78 is 13.2. The Kier molecular flexibility index (Phi) is 2.27. The summed E-state index contributed by atoms with van der Waals surface area (Å²) >= 11 is 0. The lowest BCUT2D eigenvalue weighted by Crippen LogP contribution is -2.12. The van der Waals surface area contributed by atoms with Crippen LogP contribution in [0.5, 0.6) is 0 Å². The topological polar surface area (TPSA) is 33.1 Å². The van der Waals surface area contributed by atoms with Crippen molar-refractivity contribution in [3.05, 3.63) is 29.8 Å². The highest BCUT2D eigenvalue weighted by Gasteiger charge is 2.28. The quantitative estimate of drug-likeness (QED) is 0.717. The molecule has 1 heterocycles. The first kappa shape index (κ1) is 8.63. The van der Waals surface area contributed by atoms with Crippen LogP contribution in [0.3, 0.4) is 0 Å². The molecule has 70 valence electrons. The number of aliphatic hydroxyl groups is 1. The van der Waals surface area contributed by atoms with Crippen LogP contribution in [0.2, 0.25) is 0 Å². The SMILES string of the molecule is O[C@@H]1CCC[C@H]1c1ccncc1F. The molecular formula is C10H12FNO. The average molecular weight is 181 g/mol. The maximum atomic E-state index is 13.2. The van der Waals surface area contributed by atoms with E-state index in [-0.39, 0.29) is 17.8 Å². The number of hydrogen-bond acceptors (Lipinski definition) is 2. The summed E-state index contributed by atoms with van der Waals surface area (Å²) in [7, 11) is 0. The molecule has 13 heavy (non-hydrogen) atoms. The molecule has 1 aliphatic carbocycles. The fourth-order valence-electron chi connectivity index (χ4n) is 1.99. The molecule has 1 aromatic heterocycles. The summed E-state index contributed by atoms with van der Waals surface area (Å²) in [6, 6.07) is 1.66. The molecule has 0 saturated heterocycles. The molecular weight excluding hydrogens is 169 g/mol. The van der Waals surface area contributed by atoms with Gasteiger partial charge < -0.3 is 5.11 Å². The van der Waals surface area contributed by atoms with E-state index in [1.165, 1.54) is 6.20 Å². The monoisotopic (exact) mass is 181 g/mol. The Morgan fingerprint density at radius 1 is 1.46 bits per heavy atom. The van der Waals surface area contributed by atoms with Crippen LogP contribution in [0.15, 0.2) is 18.5 Å². The van der Waals surface area contributed by atoms with Crippen molar-refractivity contribution in [2.75, 3.05) is 0 Å². The van der Waals surface area contributed by atoms with Gasteiger partial charge in [0.2, 0.25) is 0 Å². The van der Waals surface area contributed by atoms with Crippen molar-refractivity contribution < 1.29 is 9.50 Å². The molecule has 0 spiro atoms. The number of aliphatic hydroxyl groups excluding tert-OH is 1. The fraction of sp³-hybridized carbons (Fsp3) is 0.500. The summed E-state index contributed by atoms with van der Waals surface area (Å²) in [5.74, 6) is -0.323. The number of hydrogen-bond donors (Lipinski definition) is 1. The Bertz CT molecular complexity index is 303. The summed E-state index contributed by atoms with van der Waals surface area (Å²) in [5.41, 5.74) is 0.611. The highest BCUT2D eigenvalue weighted by molar-refractivity contribution is 5.20. The van der Waals surface area contributed by atoms with Gasteiger partial charge in [-0.05, 0) is 24.5 Å². The van der Waals surface area contributed by atoms with Crippen molar-refractivity contribution in [2.45, 2.75) is 31.3 Å². The van der Waals surface area contributed by atoms with Crippen LogP contribution in [-0.4, -0.2) is 16.2 Å². The normalized spacial score (nSPS) is 27.8. The molecule has 2 atom stereocenters. The molecule has 1 fully saturated rings. The summed E-state index contributed by atoms with van der Waals surface area (Å²) in [6.07, 6.45) is 5.04. The zero-order valence-electron chi connectivity index (χ0n) is 7.28. The molecule has 1 saturated carbocycles. The highest BCUT2D eigenvalue weighted by atomic mass is 19.1. The van der Waals surface area contributed by atoms with Crippen molar-refractivity contribution in [1.29, 1.82) is 0 Å². The molecule has 1 aliphatic rings. The van der Waals surface area contributed by atoms with Gasteiger partial charge in [0, 0.05) is 12.1 Å². The van der Waals surface area contributed by atoms with Crippen LogP contribution < -0.4 is 0 Å². The molecule has 2 nitrogen and oxygen atoms in total. The maximum Gasteiger partial charge on any atom is 0.145 e. The molecule has 0 amide bonds. The van der Waals surface area contributed by atoms with Crippen molar-refractivity contribution >= 4 is 0 Å². The van der Waals surface area contributed by atoms with Crippen LogP contribution in [-0.2, 0) is 0 Å². The highest BCUT2D eigenvalue weighted by Crippen LogP contribution is 2.35. The molecule has 0 radical (unpaired) electrons. The minimum Gasteiger partial charge on any atom is -0.392 e. The summed E-state index contributed by atoms with van der Waals surface area (Å²) in [6.45, 7) is 0. The number of halogens is 1. The van der Waals surface area contributed by atoms with Crippen molar-refractivity contribution in [1.82, 2.24) is 4.98 Å². The van der Waals surface area contributed by atoms with E-state index in [9.17, 15) is 9.50 Å². The van der Waals surface area contributed by atoms with Crippen molar-refractivity contribution in [3.8, 4) is 0 Å². The minimum absolute atomic E-state index is 0.0250. The number of pyridine rings is 1. The number of nitrogens with zero attached hydrogens (tertiary/aromatic N) is 1. The van der Waals surface area contributed by atoms with Gasteiger partial charge in [-0.2, -0.15) is 0 Å². The van der Waals surface area contributed by atoms with E-state index in [4.69, 9.17) is 0 Å². The molecule has 1 aromatic rings. The third-order valence-corrected chi connectivity index (χ3v) is 2.68. The van der Waals surface area contributed by atoms with Crippen LogP contribution in [0.25, 0.3) is 0 Å². The van der Waals surface area contributed by atoms with Crippen molar-refractivity contribution in [2.24, 2.45) is 0 Å². The van der Waals surface area contributed by atoms with E-state index in [0.29, 0.717) is 5.56 Å². The number of aromatic nitrogens is 1. The van der Waals surface area contributed by atoms with Gasteiger partial charge in [-0.15, -0.1) is 0 Å². The lowest BCUT2D eigenvalue weighted by molar-refractivity contribution is 0.162. The van der Waals surface area contributed by atoms with Gasteiger partial charge in [0.25, 0.3) is 0 Å². The van der Waals surface area contributed by atoms with E-state index in [0.717, 1.165) is 19.3 Å². The minimum atomic E-state index is -0.378. The summed E-state index contributed by atoms with van der Waals surface area (Å²) in [5, 5.41) is 9.58. The van der Waals surface area contributed by atoms with Crippen LogP contribution >= 0.6 is 0 Å². The first-order chi connectivity index (χ1) is 6.29. The maximum absolute atomic E-state index is 13.2. The second-order valence-corrected chi connectivity index (χ2v) is 3.50. The lowest BCUT2D eigenvalue weighted by atomic mass is 9.96. The second-order valence-electron chi connectivity index (χ2n) is 3.50. The molecule has 0 bridgehead atoms. The van der Waals surface area contributed by atoms with E-state index >= 15 is 0 Å². The van der Waals surface area contributed by atoms with Gasteiger partial charge >= 0.3 is 0 Å². The van der Waals surface area contributed by atoms with Gasteiger partial charge in [-0.3, -0.25) is 4.98 Å². The lowest BCUT2D eigenvalue weighted by Gasteiger charge is -2.14. The Morgan fingerprint density at radius 2 is 2.31 bits per heavy atom. The van der Waals surface area contributed by atoms with Crippen LogP contribution in [0.4, 0.5) is 4.39 Å². The molecule has 0 aliphatic heterocycles. The Morgan fingerprint density at radius 3 is 2.92 bits per heavy atom. The zero-order valence-corrected chi connectivity index (χ0v) is 7.28. The molecule has 0 unspecified atom stereocenters. The number of rotatable bonds is 1. The summed E-state index contributed by atoms with van der Waals surface area (Å²) in [4.78, 5) is 3.68. The fourth-order valence-corrected chi connectivity index (χ4v) is 1.99. The largest absolute Gasteiger partial charge is 0.392 e. The molecule has 0 aromatic carbocycles. The molecule has 3 heteroatoms. The van der Waals surface area contributed by atoms with E-state index in [2.05, 4.69) is 4.98 Å². The average Bonchev–Trinajstić information content (AvgIpc) is 2.52. The molecule has 1 N–H and O–H groups in total.